The second-order valence-corrected chi connectivity index (χ2v) is 3.96. The fraction of sp³-hybridized carbons (Fsp3) is 0.500. The molecule has 0 saturated carbocycles. The van der Waals surface area contributed by atoms with Crippen molar-refractivity contribution in [3.8, 4) is 0 Å². The Bertz CT molecular complexity index is 316. The molecular formula is C12H18N2. The predicted molar refractivity (Wildman–Crippen MR) is 59.3 cm³/mol. The molecule has 0 amide bonds. The van der Waals surface area contributed by atoms with Gasteiger partial charge in [-0.3, -0.25) is 0 Å². The van der Waals surface area contributed by atoms with Crippen LogP contribution in [-0.2, 0) is 12.8 Å². The van der Waals surface area contributed by atoms with Crippen molar-refractivity contribution >= 4 is 0 Å². The molecule has 0 bridgehead atoms. The van der Waals surface area contributed by atoms with Crippen molar-refractivity contribution in [2.45, 2.75) is 25.3 Å². The van der Waals surface area contributed by atoms with Crippen LogP contribution in [0.1, 0.15) is 29.2 Å². The zero-order valence-electron chi connectivity index (χ0n) is 8.72. The van der Waals surface area contributed by atoms with Gasteiger partial charge >= 0.3 is 0 Å². The molecule has 0 spiro atoms. The fourth-order valence-electron chi connectivity index (χ4n) is 2.23. The van der Waals surface area contributed by atoms with Crippen molar-refractivity contribution in [1.29, 1.82) is 0 Å². The van der Waals surface area contributed by atoms with E-state index in [1.165, 1.54) is 36.0 Å². The summed E-state index contributed by atoms with van der Waals surface area (Å²) in [6.07, 6.45) is 3.80. The highest BCUT2D eigenvalue weighted by molar-refractivity contribution is 5.36. The highest BCUT2D eigenvalue weighted by Crippen LogP contribution is 2.24. The minimum Gasteiger partial charge on any atom is -0.329 e. The average molecular weight is 190 g/mol. The monoisotopic (exact) mass is 190 g/mol. The summed E-state index contributed by atoms with van der Waals surface area (Å²) >= 11 is 0. The topological polar surface area (TPSA) is 38.0 Å². The van der Waals surface area contributed by atoms with Crippen molar-refractivity contribution in [3.05, 3.63) is 34.9 Å². The maximum Gasteiger partial charge on any atom is 0.0442 e. The molecule has 1 aliphatic rings. The van der Waals surface area contributed by atoms with Gasteiger partial charge in [0.25, 0.3) is 0 Å². The molecule has 1 unspecified atom stereocenters. The normalized spacial score (nSPS) is 16.7. The lowest BCUT2D eigenvalue weighted by Gasteiger charge is -2.15. The van der Waals surface area contributed by atoms with Gasteiger partial charge in [0.1, 0.15) is 0 Å². The Kier molecular flexibility index (Phi) is 2.85. The molecule has 0 saturated heterocycles. The molecule has 2 rings (SSSR count). The first-order valence-electron chi connectivity index (χ1n) is 5.34. The SMILES string of the molecule is CNC(CN)c1ccc2c(c1)CCC2. The number of nitrogens with one attached hydrogen (secondary N) is 1. The van der Waals surface area contributed by atoms with Crippen LogP contribution in [0, 0.1) is 0 Å². The molecule has 1 atom stereocenters. The van der Waals surface area contributed by atoms with E-state index < -0.39 is 0 Å². The van der Waals surface area contributed by atoms with Crippen LogP contribution in [0.5, 0.6) is 0 Å². The molecule has 0 heterocycles. The summed E-state index contributed by atoms with van der Waals surface area (Å²) in [7, 11) is 1.96. The Hall–Kier alpha value is -0.860. The summed E-state index contributed by atoms with van der Waals surface area (Å²) < 4.78 is 0. The van der Waals surface area contributed by atoms with E-state index in [-0.39, 0.29) is 0 Å². The molecule has 3 N–H and O–H groups in total. The van der Waals surface area contributed by atoms with Gasteiger partial charge in [0, 0.05) is 12.6 Å². The lowest BCUT2D eigenvalue weighted by atomic mass is 10.0. The van der Waals surface area contributed by atoms with Gasteiger partial charge in [-0.25, -0.2) is 0 Å². The smallest absolute Gasteiger partial charge is 0.0442 e. The summed E-state index contributed by atoms with van der Waals surface area (Å²) in [5.74, 6) is 0. The van der Waals surface area contributed by atoms with Crippen LogP contribution in [0.25, 0.3) is 0 Å². The van der Waals surface area contributed by atoms with Crippen molar-refractivity contribution in [3.63, 3.8) is 0 Å². The molecule has 2 heteroatoms. The number of aryl methyl sites for hydroxylation is 2. The van der Waals surface area contributed by atoms with E-state index in [0.29, 0.717) is 12.6 Å². The Balaban J connectivity index is 2.27. The minimum absolute atomic E-state index is 0.306. The number of benzene rings is 1. The van der Waals surface area contributed by atoms with Crippen LogP contribution in [-0.4, -0.2) is 13.6 Å². The van der Waals surface area contributed by atoms with Gasteiger partial charge in [0.05, 0.1) is 0 Å². The Labute approximate surface area is 85.5 Å². The van der Waals surface area contributed by atoms with Crippen LogP contribution in [0.4, 0.5) is 0 Å². The molecule has 1 aromatic rings. The molecular weight excluding hydrogens is 172 g/mol. The second-order valence-electron chi connectivity index (χ2n) is 3.96. The number of likely N-dealkylation sites (N-methyl/N-ethyl adjacent to an activating group) is 1. The second kappa shape index (κ2) is 4.11. The third kappa shape index (κ3) is 1.68. The quantitative estimate of drug-likeness (QED) is 0.756. The first-order chi connectivity index (χ1) is 6.85. The van der Waals surface area contributed by atoms with Gasteiger partial charge in [0.2, 0.25) is 0 Å². The van der Waals surface area contributed by atoms with Crippen LogP contribution < -0.4 is 11.1 Å². The summed E-state index contributed by atoms with van der Waals surface area (Å²) in [6, 6.07) is 7.09. The highest BCUT2D eigenvalue weighted by Gasteiger charge is 2.13. The van der Waals surface area contributed by atoms with Gasteiger partial charge in [0.15, 0.2) is 0 Å². The summed E-state index contributed by atoms with van der Waals surface area (Å²) in [5.41, 5.74) is 10.1. The van der Waals surface area contributed by atoms with E-state index in [0.717, 1.165) is 0 Å². The van der Waals surface area contributed by atoms with Gasteiger partial charge in [-0.05, 0) is 43.0 Å². The zero-order chi connectivity index (χ0) is 9.97. The fourth-order valence-corrected chi connectivity index (χ4v) is 2.23. The molecule has 1 aromatic carbocycles. The third-order valence-electron chi connectivity index (χ3n) is 3.11. The first-order valence-corrected chi connectivity index (χ1v) is 5.34. The van der Waals surface area contributed by atoms with Crippen LogP contribution >= 0.6 is 0 Å². The first kappa shape index (κ1) is 9.69. The summed E-state index contributed by atoms with van der Waals surface area (Å²) in [5, 5.41) is 3.23. The van der Waals surface area contributed by atoms with E-state index >= 15 is 0 Å². The van der Waals surface area contributed by atoms with E-state index in [1.54, 1.807) is 0 Å². The third-order valence-corrected chi connectivity index (χ3v) is 3.11. The van der Waals surface area contributed by atoms with Gasteiger partial charge in [-0.1, -0.05) is 18.2 Å². The molecule has 0 radical (unpaired) electrons. The van der Waals surface area contributed by atoms with E-state index in [1.807, 2.05) is 7.05 Å². The molecule has 2 nitrogen and oxygen atoms in total. The van der Waals surface area contributed by atoms with Crippen molar-refractivity contribution in [2.75, 3.05) is 13.6 Å². The summed E-state index contributed by atoms with van der Waals surface area (Å²) in [4.78, 5) is 0. The van der Waals surface area contributed by atoms with Crippen molar-refractivity contribution in [1.82, 2.24) is 5.32 Å². The molecule has 76 valence electrons. The Morgan fingerprint density at radius 1 is 1.36 bits per heavy atom. The van der Waals surface area contributed by atoms with Crippen molar-refractivity contribution in [2.24, 2.45) is 5.73 Å². The van der Waals surface area contributed by atoms with Crippen molar-refractivity contribution < 1.29 is 0 Å². The maximum absolute atomic E-state index is 5.70. The molecule has 14 heavy (non-hydrogen) atoms. The molecule has 0 aromatic heterocycles. The number of hydrogen-bond donors (Lipinski definition) is 2. The Morgan fingerprint density at radius 3 is 2.86 bits per heavy atom. The Morgan fingerprint density at radius 2 is 2.14 bits per heavy atom. The number of rotatable bonds is 3. The standard InChI is InChI=1S/C12H18N2/c1-14-12(8-13)11-6-5-9-3-2-4-10(9)7-11/h5-7,12,14H,2-4,8,13H2,1H3. The predicted octanol–water partition coefficient (Wildman–Crippen LogP) is 1.39. The number of hydrogen-bond acceptors (Lipinski definition) is 2. The summed E-state index contributed by atoms with van der Waals surface area (Å²) in [6.45, 7) is 0.662. The van der Waals surface area contributed by atoms with E-state index in [4.69, 9.17) is 5.73 Å². The number of nitrogens with two attached hydrogens (primary N) is 1. The maximum atomic E-state index is 5.70. The van der Waals surface area contributed by atoms with Gasteiger partial charge < -0.3 is 11.1 Å². The zero-order valence-corrected chi connectivity index (χ0v) is 8.72. The van der Waals surface area contributed by atoms with Crippen LogP contribution in [0.3, 0.4) is 0 Å². The number of fused-ring (bicyclic) bond motifs is 1. The average Bonchev–Trinajstić information content (AvgIpc) is 2.66. The van der Waals surface area contributed by atoms with E-state index in [9.17, 15) is 0 Å². The highest BCUT2D eigenvalue weighted by atomic mass is 14.9. The lowest BCUT2D eigenvalue weighted by molar-refractivity contribution is 0.605. The van der Waals surface area contributed by atoms with Crippen LogP contribution in [0.15, 0.2) is 18.2 Å². The molecule has 1 aliphatic carbocycles. The van der Waals surface area contributed by atoms with Crippen LogP contribution in [0.2, 0.25) is 0 Å². The minimum atomic E-state index is 0.306. The molecule has 0 fully saturated rings. The molecule has 0 aliphatic heterocycles. The van der Waals surface area contributed by atoms with E-state index in [2.05, 4.69) is 23.5 Å². The largest absolute Gasteiger partial charge is 0.329 e. The lowest BCUT2D eigenvalue weighted by Crippen LogP contribution is -2.24. The van der Waals surface area contributed by atoms with Gasteiger partial charge in [-0.15, -0.1) is 0 Å². The van der Waals surface area contributed by atoms with Gasteiger partial charge in [-0.2, -0.15) is 0 Å².